The van der Waals surface area contributed by atoms with Gasteiger partial charge in [-0.2, -0.15) is 16.4 Å². The lowest BCUT2D eigenvalue weighted by Gasteiger charge is -2.18. The number of aromatic nitrogens is 2. The fraction of sp³-hybridized carbons (Fsp3) is 0.533. The molecular formula is C15H23N3S. The van der Waals surface area contributed by atoms with Crippen LogP contribution in [-0.2, 0) is 13.5 Å². The molecule has 0 aliphatic heterocycles. The summed E-state index contributed by atoms with van der Waals surface area (Å²) in [5, 5.41) is 12.4. The molecule has 1 N–H and O–H groups in total. The largest absolute Gasteiger partial charge is 0.310 e. The molecule has 0 aromatic carbocycles. The van der Waals surface area contributed by atoms with E-state index >= 15 is 0 Å². The Hall–Kier alpha value is -1.13. The summed E-state index contributed by atoms with van der Waals surface area (Å²) in [4.78, 5) is 0. The first kappa shape index (κ1) is 14.3. The molecule has 0 spiro atoms. The second-order valence-electron chi connectivity index (χ2n) is 4.99. The lowest BCUT2D eigenvalue weighted by Crippen LogP contribution is -2.23. The maximum atomic E-state index is 4.37. The molecule has 2 rings (SSSR count). The minimum Gasteiger partial charge on any atom is -0.310 e. The highest BCUT2D eigenvalue weighted by atomic mass is 32.1. The van der Waals surface area contributed by atoms with Gasteiger partial charge in [0.2, 0.25) is 0 Å². The van der Waals surface area contributed by atoms with Crippen LogP contribution in [0.15, 0.2) is 23.0 Å². The van der Waals surface area contributed by atoms with Crippen molar-refractivity contribution in [1.82, 2.24) is 15.1 Å². The smallest absolute Gasteiger partial charge is 0.0540 e. The Morgan fingerprint density at radius 3 is 2.89 bits per heavy atom. The third kappa shape index (κ3) is 3.67. The quantitative estimate of drug-likeness (QED) is 0.840. The van der Waals surface area contributed by atoms with E-state index in [1.807, 2.05) is 17.9 Å². The maximum Gasteiger partial charge on any atom is 0.0540 e. The second-order valence-corrected chi connectivity index (χ2v) is 5.77. The zero-order valence-corrected chi connectivity index (χ0v) is 12.8. The third-order valence-electron chi connectivity index (χ3n) is 3.59. The number of hydrogen-bond donors (Lipinski definition) is 1. The highest BCUT2D eigenvalue weighted by molar-refractivity contribution is 7.07. The van der Waals surface area contributed by atoms with Gasteiger partial charge < -0.3 is 5.32 Å². The number of nitrogens with zero attached hydrogens (tertiary/aromatic N) is 2. The fourth-order valence-corrected chi connectivity index (χ4v) is 2.99. The van der Waals surface area contributed by atoms with Crippen LogP contribution in [-0.4, -0.2) is 16.3 Å². The predicted molar refractivity (Wildman–Crippen MR) is 81.6 cm³/mol. The van der Waals surface area contributed by atoms with Crippen molar-refractivity contribution in [2.45, 2.75) is 39.2 Å². The van der Waals surface area contributed by atoms with E-state index in [1.54, 1.807) is 11.3 Å². The van der Waals surface area contributed by atoms with Gasteiger partial charge in [-0.15, -0.1) is 0 Å². The molecular weight excluding hydrogens is 254 g/mol. The average Bonchev–Trinajstić information content (AvgIpc) is 3.03. The van der Waals surface area contributed by atoms with E-state index in [9.17, 15) is 0 Å². The van der Waals surface area contributed by atoms with Crippen LogP contribution < -0.4 is 5.32 Å². The molecule has 104 valence electrons. The van der Waals surface area contributed by atoms with Gasteiger partial charge >= 0.3 is 0 Å². The Labute approximate surface area is 119 Å². The van der Waals surface area contributed by atoms with Gasteiger partial charge in [0.15, 0.2) is 0 Å². The van der Waals surface area contributed by atoms with Crippen molar-refractivity contribution in [3.63, 3.8) is 0 Å². The Balaban J connectivity index is 2.04. The number of thiophene rings is 1. The average molecular weight is 277 g/mol. The molecule has 0 fully saturated rings. The minimum atomic E-state index is 0.411. The molecule has 19 heavy (non-hydrogen) atoms. The zero-order valence-electron chi connectivity index (χ0n) is 12.0. The standard InChI is InChI=1S/C15H23N3S/c1-4-8-16-15(6-5-13-7-9-19-11-13)14-10-17-18(3)12(14)2/h7,9-11,15-16H,4-6,8H2,1-3H3. The van der Waals surface area contributed by atoms with Crippen LogP contribution in [0.3, 0.4) is 0 Å². The van der Waals surface area contributed by atoms with Crippen molar-refractivity contribution in [3.05, 3.63) is 39.8 Å². The molecule has 4 heteroatoms. The molecule has 0 saturated heterocycles. The van der Waals surface area contributed by atoms with Gasteiger partial charge in [0.1, 0.15) is 0 Å². The van der Waals surface area contributed by atoms with E-state index < -0.39 is 0 Å². The summed E-state index contributed by atoms with van der Waals surface area (Å²) < 4.78 is 1.96. The van der Waals surface area contributed by atoms with Crippen LogP contribution in [0.2, 0.25) is 0 Å². The molecule has 0 saturated carbocycles. The predicted octanol–water partition coefficient (Wildman–Crippen LogP) is 3.46. The molecule has 0 aliphatic rings. The Kier molecular flexibility index (Phi) is 5.16. The molecule has 0 radical (unpaired) electrons. The normalized spacial score (nSPS) is 12.8. The van der Waals surface area contributed by atoms with Crippen LogP contribution in [0, 0.1) is 6.92 Å². The van der Waals surface area contributed by atoms with Gasteiger partial charge in [0.05, 0.1) is 6.20 Å². The van der Waals surface area contributed by atoms with Crippen molar-refractivity contribution >= 4 is 11.3 Å². The van der Waals surface area contributed by atoms with Crippen LogP contribution >= 0.6 is 11.3 Å². The maximum absolute atomic E-state index is 4.37. The van der Waals surface area contributed by atoms with Crippen LogP contribution in [0.4, 0.5) is 0 Å². The second kappa shape index (κ2) is 6.87. The van der Waals surface area contributed by atoms with E-state index in [0.717, 1.165) is 25.8 Å². The van der Waals surface area contributed by atoms with Gasteiger partial charge in [0.25, 0.3) is 0 Å². The summed E-state index contributed by atoms with van der Waals surface area (Å²) >= 11 is 1.78. The lowest BCUT2D eigenvalue weighted by molar-refractivity contribution is 0.497. The molecule has 1 unspecified atom stereocenters. The van der Waals surface area contributed by atoms with E-state index in [2.05, 4.69) is 41.1 Å². The lowest BCUT2D eigenvalue weighted by atomic mass is 10.0. The van der Waals surface area contributed by atoms with Crippen molar-refractivity contribution in [2.75, 3.05) is 6.54 Å². The molecule has 2 aromatic heterocycles. The van der Waals surface area contributed by atoms with E-state index in [-0.39, 0.29) is 0 Å². The summed E-state index contributed by atoms with van der Waals surface area (Å²) in [6.07, 6.45) is 5.42. The summed E-state index contributed by atoms with van der Waals surface area (Å²) in [7, 11) is 2.01. The minimum absolute atomic E-state index is 0.411. The van der Waals surface area contributed by atoms with Gasteiger partial charge in [0, 0.05) is 24.3 Å². The monoisotopic (exact) mass is 277 g/mol. The number of aryl methyl sites for hydroxylation is 2. The van der Waals surface area contributed by atoms with Crippen LogP contribution in [0.25, 0.3) is 0 Å². The SMILES string of the molecule is CCCNC(CCc1ccsc1)c1cnn(C)c1C. The summed E-state index contributed by atoms with van der Waals surface area (Å²) in [6.45, 7) is 5.41. The first-order valence-electron chi connectivity index (χ1n) is 6.95. The summed E-state index contributed by atoms with van der Waals surface area (Å²) in [6, 6.07) is 2.63. The molecule has 0 bridgehead atoms. The number of hydrogen-bond acceptors (Lipinski definition) is 3. The third-order valence-corrected chi connectivity index (χ3v) is 4.32. The molecule has 0 amide bonds. The van der Waals surface area contributed by atoms with Gasteiger partial charge in [-0.1, -0.05) is 6.92 Å². The number of nitrogens with one attached hydrogen (secondary N) is 1. The summed E-state index contributed by atoms with van der Waals surface area (Å²) in [5.74, 6) is 0. The Morgan fingerprint density at radius 1 is 1.47 bits per heavy atom. The summed E-state index contributed by atoms with van der Waals surface area (Å²) in [5.41, 5.74) is 4.04. The highest BCUT2D eigenvalue weighted by Gasteiger charge is 2.16. The number of rotatable bonds is 7. The Bertz CT molecular complexity index is 487. The van der Waals surface area contributed by atoms with Crippen molar-refractivity contribution in [1.29, 1.82) is 0 Å². The Morgan fingerprint density at radius 2 is 2.32 bits per heavy atom. The van der Waals surface area contributed by atoms with Crippen LogP contribution in [0.5, 0.6) is 0 Å². The molecule has 2 heterocycles. The van der Waals surface area contributed by atoms with Gasteiger partial charge in [-0.05, 0) is 55.1 Å². The van der Waals surface area contributed by atoms with Crippen molar-refractivity contribution in [3.8, 4) is 0 Å². The van der Waals surface area contributed by atoms with Crippen molar-refractivity contribution in [2.24, 2.45) is 7.05 Å². The van der Waals surface area contributed by atoms with E-state index in [1.165, 1.54) is 16.8 Å². The molecule has 3 nitrogen and oxygen atoms in total. The fourth-order valence-electron chi connectivity index (χ4n) is 2.29. The van der Waals surface area contributed by atoms with Crippen molar-refractivity contribution < 1.29 is 0 Å². The van der Waals surface area contributed by atoms with Gasteiger partial charge in [-0.25, -0.2) is 0 Å². The first-order valence-corrected chi connectivity index (χ1v) is 7.89. The van der Waals surface area contributed by atoms with Crippen LogP contribution in [0.1, 0.15) is 42.6 Å². The first-order chi connectivity index (χ1) is 9.22. The van der Waals surface area contributed by atoms with Gasteiger partial charge in [-0.3, -0.25) is 4.68 Å². The molecule has 1 atom stereocenters. The molecule has 2 aromatic rings. The molecule has 0 aliphatic carbocycles. The van der Waals surface area contributed by atoms with E-state index in [0.29, 0.717) is 6.04 Å². The van der Waals surface area contributed by atoms with E-state index in [4.69, 9.17) is 0 Å². The topological polar surface area (TPSA) is 29.9 Å². The zero-order chi connectivity index (χ0) is 13.7. The highest BCUT2D eigenvalue weighted by Crippen LogP contribution is 2.22.